The van der Waals surface area contributed by atoms with Gasteiger partial charge in [0, 0.05) is 6.61 Å². The maximum absolute atomic E-state index is 5.40. The highest BCUT2D eigenvalue weighted by Crippen LogP contribution is 2.02. The predicted octanol–water partition coefficient (Wildman–Crippen LogP) is 1.88. The van der Waals surface area contributed by atoms with E-state index in [1.807, 2.05) is 6.92 Å². The Bertz CT molecular complexity index is 164. The molecular weight excluding hydrogens is 184 g/mol. The topological polar surface area (TPSA) is 27.7 Å². The third kappa shape index (κ3) is 7.61. The summed E-state index contributed by atoms with van der Waals surface area (Å²) in [5, 5.41) is 0. The Labute approximate surface area is 81.8 Å². The van der Waals surface area contributed by atoms with Crippen molar-refractivity contribution in [2.24, 2.45) is 0 Å². The van der Waals surface area contributed by atoms with Crippen LogP contribution in [0.5, 0.6) is 0 Å². The molecule has 0 aliphatic heterocycles. The molecule has 0 aromatic carbocycles. The number of ether oxygens (including phenoxy) is 1. The second kappa shape index (κ2) is 6.74. The Morgan fingerprint density at radius 1 is 1.15 bits per heavy atom. The summed E-state index contributed by atoms with van der Waals surface area (Å²) in [6.45, 7) is 13.5. The van der Waals surface area contributed by atoms with Crippen LogP contribution < -0.4 is 0 Å². The highest BCUT2D eigenvalue weighted by molar-refractivity contribution is 6.44. The van der Waals surface area contributed by atoms with Crippen LogP contribution in [-0.4, -0.2) is 22.1 Å². The molecule has 0 atom stereocenters. The van der Waals surface area contributed by atoms with Gasteiger partial charge < -0.3 is 13.6 Å². The first-order valence-electron chi connectivity index (χ1n) is 4.28. The van der Waals surface area contributed by atoms with Crippen molar-refractivity contribution in [3.8, 4) is 0 Å². The normalized spacial score (nSPS) is 9.85. The molecule has 0 heterocycles. The van der Waals surface area contributed by atoms with Crippen molar-refractivity contribution in [1.29, 1.82) is 0 Å². The van der Waals surface area contributed by atoms with Gasteiger partial charge in [-0.05, 0) is 20.8 Å². The lowest BCUT2D eigenvalue weighted by molar-refractivity contribution is 0.155. The van der Waals surface area contributed by atoms with E-state index in [1.54, 1.807) is 13.8 Å². The van der Waals surface area contributed by atoms with Crippen LogP contribution in [0, 0.1) is 0 Å². The van der Waals surface area contributed by atoms with Crippen LogP contribution >= 0.6 is 0 Å². The molecule has 0 fully saturated rings. The average molecular weight is 202 g/mol. The van der Waals surface area contributed by atoms with Crippen molar-refractivity contribution in [1.82, 2.24) is 0 Å². The van der Waals surface area contributed by atoms with Gasteiger partial charge in [0.2, 0.25) is 0 Å². The fourth-order valence-corrected chi connectivity index (χ4v) is 2.26. The molecule has 0 aromatic heterocycles. The van der Waals surface area contributed by atoms with Gasteiger partial charge in [0.1, 0.15) is 6.23 Å². The minimum atomic E-state index is -1.79. The molecular formula is C9H18O3Si. The Balaban J connectivity index is 3.87. The van der Waals surface area contributed by atoms with Crippen molar-refractivity contribution in [2.45, 2.75) is 20.8 Å². The Morgan fingerprint density at radius 2 is 1.62 bits per heavy atom. The van der Waals surface area contributed by atoms with E-state index < -0.39 is 9.28 Å². The monoisotopic (exact) mass is 202 g/mol. The van der Waals surface area contributed by atoms with Gasteiger partial charge in [0.05, 0.1) is 11.5 Å². The summed E-state index contributed by atoms with van der Waals surface area (Å²) >= 11 is 0. The van der Waals surface area contributed by atoms with Gasteiger partial charge in [-0.2, -0.15) is 0 Å². The van der Waals surface area contributed by atoms with E-state index in [4.69, 9.17) is 13.6 Å². The summed E-state index contributed by atoms with van der Waals surface area (Å²) in [5.74, 6) is 1.33. The summed E-state index contributed by atoms with van der Waals surface area (Å²) in [6.07, 6.45) is 0.524. The lowest BCUT2D eigenvalue weighted by Gasteiger charge is -2.18. The molecule has 0 aliphatic carbocycles. The second-order valence-electron chi connectivity index (χ2n) is 2.73. The summed E-state index contributed by atoms with van der Waals surface area (Å²) in [5.41, 5.74) is 0. The van der Waals surface area contributed by atoms with Crippen LogP contribution in [0.3, 0.4) is 0 Å². The Kier molecular flexibility index (Phi) is 6.35. The zero-order chi connectivity index (χ0) is 10.3. The molecule has 0 aromatic rings. The van der Waals surface area contributed by atoms with E-state index in [0.717, 1.165) is 0 Å². The molecule has 0 N–H and O–H groups in total. The summed E-state index contributed by atoms with van der Waals surface area (Å²) in [6, 6.07) is 0. The van der Waals surface area contributed by atoms with Crippen LogP contribution in [0.2, 0.25) is 0 Å². The fourth-order valence-electron chi connectivity index (χ4n) is 0.755. The van der Waals surface area contributed by atoms with Crippen LogP contribution in [0.1, 0.15) is 20.8 Å². The van der Waals surface area contributed by atoms with Crippen molar-refractivity contribution in [2.75, 3.05) is 12.8 Å². The number of rotatable bonds is 7. The van der Waals surface area contributed by atoms with Gasteiger partial charge in [0.25, 0.3) is 0 Å². The smallest absolute Gasteiger partial charge is 0.470 e. The van der Waals surface area contributed by atoms with Gasteiger partial charge in [-0.15, -0.1) is 0 Å². The highest BCUT2D eigenvalue weighted by atomic mass is 28.3. The largest absolute Gasteiger partial charge is 0.517 e. The van der Waals surface area contributed by atoms with Crippen molar-refractivity contribution < 1.29 is 13.6 Å². The molecule has 0 saturated carbocycles. The molecule has 0 spiro atoms. The molecule has 3 nitrogen and oxygen atoms in total. The third-order valence-corrected chi connectivity index (χ3v) is 2.96. The zero-order valence-electron chi connectivity index (χ0n) is 8.63. The van der Waals surface area contributed by atoms with Crippen LogP contribution in [0.25, 0.3) is 0 Å². The van der Waals surface area contributed by atoms with E-state index in [9.17, 15) is 0 Å². The Morgan fingerprint density at radius 3 is 1.92 bits per heavy atom. The highest BCUT2D eigenvalue weighted by Gasteiger charge is 2.16. The molecule has 0 bridgehead atoms. The molecule has 0 unspecified atom stereocenters. The van der Waals surface area contributed by atoms with Crippen molar-refractivity contribution in [3.63, 3.8) is 0 Å². The van der Waals surface area contributed by atoms with Gasteiger partial charge in [-0.3, -0.25) is 0 Å². The number of hydrogen-bond donors (Lipinski definition) is 0. The molecule has 76 valence electrons. The molecule has 0 aliphatic rings. The van der Waals surface area contributed by atoms with Crippen LogP contribution in [0.15, 0.2) is 24.7 Å². The molecule has 4 heteroatoms. The standard InChI is InChI=1S/C9H18O3Si/c1-6-10-7-13(11-8(2)3)12-9(4)5/h13H,2,4,6-7H2,1,3,5H3. The zero-order valence-corrected chi connectivity index (χ0v) is 9.79. The lowest BCUT2D eigenvalue weighted by atomic mass is 10.7. The first-order chi connectivity index (χ1) is 6.06. The third-order valence-electron chi connectivity index (χ3n) is 1.12. The van der Waals surface area contributed by atoms with Gasteiger partial charge >= 0.3 is 9.28 Å². The number of allylic oxidation sites excluding steroid dienone is 2. The van der Waals surface area contributed by atoms with Crippen LogP contribution in [0.4, 0.5) is 0 Å². The number of hydrogen-bond acceptors (Lipinski definition) is 3. The SMILES string of the molecule is C=C(C)O[SiH](COCC)OC(=C)C. The van der Waals surface area contributed by atoms with Gasteiger partial charge in [-0.1, -0.05) is 13.2 Å². The molecule has 13 heavy (non-hydrogen) atoms. The van der Waals surface area contributed by atoms with Crippen molar-refractivity contribution >= 4 is 9.28 Å². The van der Waals surface area contributed by atoms with E-state index in [1.165, 1.54) is 0 Å². The van der Waals surface area contributed by atoms with E-state index in [-0.39, 0.29) is 0 Å². The maximum atomic E-state index is 5.40. The first kappa shape index (κ1) is 12.3. The summed E-state index contributed by atoms with van der Waals surface area (Å²) in [7, 11) is -1.79. The minimum Gasteiger partial charge on any atom is -0.517 e. The predicted molar refractivity (Wildman–Crippen MR) is 55.4 cm³/mol. The van der Waals surface area contributed by atoms with Crippen LogP contribution in [-0.2, 0) is 13.6 Å². The minimum absolute atomic E-state index is 0.524. The maximum Gasteiger partial charge on any atom is 0.470 e. The molecule has 0 rings (SSSR count). The quantitative estimate of drug-likeness (QED) is 0.466. The van der Waals surface area contributed by atoms with Gasteiger partial charge in [0.15, 0.2) is 0 Å². The van der Waals surface area contributed by atoms with E-state index in [2.05, 4.69) is 13.2 Å². The molecule has 0 saturated heterocycles. The molecule has 0 amide bonds. The van der Waals surface area contributed by atoms with E-state index >= 15 is 0 Å². The first-order valence-corrected chi connectivity index (χ1v) is 6.04. The molecule has 0 radical (unpaired) electrons. The van der Waals surface area contributed by atoms with E-state index in [0.29, 0.717) is 24.4 Å². The lowest BCUT2D eigenvalue weighted by Crippen LogP contribution is -2.28. The summed E-state index contributed by atoms with van der Waals surface area (Å²) in [4.78, 5) is 0. The Hall–Kier alpha value is -0.743. The average Bonchev–Trinajstić information content (AvgIpc) is 1.98. The summed E-state index contributed by atoms with van der Waals surface area (Å²) < 4.78 is 16.0. The van der Waals surface area contributed by atoms with Crippen molar-refractivity contribution in [3.05, 3.63) is 24.7 Å². The second-order valence-corrected chi connectivity index (χ2v) is 4.39. The van der Waals surface area contributed by atoms with Gasteiger partial charge in [-0.25, -0.2) is 0 Å². The fraction of sp³-hybridized carbons (Fsp3) is 0.556.